The van der Waals surface area contributed by atoms with E-state index in [9.17, 15) is 9.90 Å². The molecule has 1 unspecified atom stereocenters. The molecule has 0 bridgehead atoms. The van der Waals surface area contributed by atoms with Gasteiger partial charge in [-0.25, -0.2) is 0 Å². The van der Waals surface area contributed by atoms with Crippen molar-refractivity contribution in [3.63, 3.8) is 0 Å². The maximum atomic E-state index is 13.1. The summed E-state index contributed by atoms with van der Waals surface area (Å²) in [7, 11) is 0. The van der Waals surface area contributed by atoms with Crippen molar-refractivity contribution in [1.29, 1.82) is 0 Å². The monoisotopic (exact) mass is 689 g/mol. The molecule has 4 heteroatoms. The standard InChI is InChI=1S/C18H30O2.C16H12N.Ir/c1-5-17(6-2)11-9-13-10-12-18(7-3,8-4)16(20)14(13)15(17)19;1-12-5-4-7-14(11-12)16-15-8-3-2-6-13(15)9-10-17-16;/h13,19H,5-12H2,1-4H3;2-6,8-11H,1H3;/q;-1;. The summed E-state index contributed by atoms with van der Waals surface area (Å²) in [6.45, 7) is 10.6. The summed E-state index contributed by atoms with van der Waals surface area (Å²) >= 11 is 0. The van der Waals surface area contributed by atoms with Gasteiger partial charge < -0.3 is 10.1 Å². The maximum absolute atomic E-state index is 13.1. The van der Waals surface area contributed by atoms with Crippen LogP contribution in [0.4, 0.5) is 0 Å². The summed E-state index contributed by atoms with van der Waals surface area (Å²) in [4.78, 5) is 17.5. The van der Waals surface area contributed by atoms with Crippen LogP contribution in [0.5, 0.6) is 0 Å². The van der Waals surface area contributed by atoms with Crippen LogP contribution < -0.4 is 0 Å². The van der Waals surface area contributed by atoms with Crippen LogP contribution >= 0.6 is 0 Å². The molecule has 0 spiro atoms. The van der Waals surface area contributed by atoms with Gasteiger partial charge in [-0.05, 0) is 79.8 Å². The van der Waals surface area contributed by atoms with Crippen LogP contribution in [0.25, 0.3) is 22.0 Å². The Morgan fingerprint density at radius 2 is 1.58 bits per heavy atom. The Morgan fingerprint density at radius 1 is 0.947 bits per heavy atom. The van der Waals surface area contributed by atoms with E-state index in [0.29, 0.717) is 11.7 Å². The molecule has 0 saturated heterocycles. The molecule has 1 radical (unpaired) electrons. The van der Waals surface area contributed by atoms with Crippen LogP contribution in [-0.2, 0) is 24.9 Å². The van der Waals surface area contributed by atoms with Gasteiger partial charge in [-0.3, -0.25) is 4.79 Å². The molecule has 1 aromatic heterocycles. The molecular weight excluding hydrogens is 647 g/mol. The molecule has 1 fully saturated rings. The molecule has 0 aliphatic heterocycles. The molecule has 5 rings (SSSR count). The van der Waals surface area contributed by atoms with Crippen LogP contribution in [-0.4, -0.2) is 15.9 Å². The van der Waals surface area contributed by atoms with Gasteiger partial charge in [0.15, 0.2) is 5.78 Å². The van der Waals surface area contributed by atoms with Gasteiger partial charge in [-0.2, -0.15) is 0 Å². The van der Waals surface area contributed by atoms with Gasteiger partial charge in [0.2, 0.25) is 0 Å². The summed E-state index contributed by atoms with van der Waals surface area (Å²) < 4.78 is 0. The Bertz CT molecular complexity index is 1280. The van der Waals surface area contributed by atoms with Gasteiger partial charge in [0.25, 0.3) is 0 Å². The number of fused-ring (bicyclic) bond motifs is 2. The summed E-state index contributed by atoms with van der Waals surface area (Å²) in [6.07, 6.45) is 9.73. The van der Waals surface area contributed by atoms with Crippen LogP contribution in [0.3, 0.4) is 0 Å². The number of hydrogen-bond donors (Lipinski definition) is 1. The number of hydrogen-bond acceptors (Lipinski definition) is 3. The van der Waals surface area contributed by atoms with Gasteiger partial charge in [0, 0.05) is 42.7 Å². The van der Waals surface area contributed by atoms with Crippen molar-refractivity contribution in [1.82, 2.24) is 4.98 Å². The Labute approximate surface area is 242 Å². The van der Waals surface area contributed by atoms with Crippen molar-refractivity contribution < 1.29 is 30.0 Å². The van der Waals surface area contributed by atoms with Crippen molar-refractivity contribution in [2.24, 2.45) is 16.7 Å². The number of pyridine rings is 1. The van der Waals surface area contributed by atoms with E-state index in [2.05, 4.69) is 69.9 Å². The predicted octanol–water partition coefficient (Wildman–Crippen LogP) is 9.19. The molecule has 1 saturated carbocycles. The molecule has 1 atom stereocenters. The average Bonchev–Trinajstić information content (AvgIpc) is 2.94. The van der Waals surface area contributed by atoms with Crippen LogP contribution in [0, 0.1) is 29.7 Å². The van der Waals surface area contributed by atoms with E-state index < -0.39 is 0 Å². The quantitative estimate of drug-likeness (QED) is 0.272. The third-order valence-corrected chi connectivity index (χ3v) is 9.43. The smallest absolute Gasteiger partial charge is 0.168 e. The molecule has 2 aliphatic rings. The van der Waals surface area contributed by atoms with E-state index in [0.717, 1.165) is 68.2 Å². The fourth-order valence-corrected chi connectivity index (χ4v) is 6.54. The number of nitrogens with zero attached hydrogens (tertiary/aromatic N) is 1. The zero-order valence-electron chi connectivity index (χ0n) is 23.6. The molecule has 0 amide bonds. The van der Waals surface area contributed by atoms with Crippen LogP contribution in [0.15, 0.2) is 66.1 Å². The minimum absolute atomic E-state index is 0. The SMILES string of the molecule is CCC1(CC)CCC2CCC(CC)(CC)C(O)=C2C1=O.Cc1cc[c-]c(-c2nccc3ccccc23)c1.[Ir]. The molecule has 38 heavy (non-hydrogen) atoms. The summed E-state index contributed by atoms with van der Waals surface area (Å²) in [5, 5.41) is 13.3. The number of aromatic nitrogens is 1. The molecule has 1 N–H and O–H groups in total. The van der Waals surface area contributed by atoms with Crippen molar-refractivity contribution in [2.75, 3.05) is 0 Å². The molecule has 3 nitrogen and oxygen atoms in total. The number of Topliss-reactive ketones (excluding diaryl/α,β-unsaturated/α-hetero) is 1. The maximum Gasteiger partial charge on any atom is 0.168 e. The van der Waals surface area contributed by atoms with Crippen molar-refractivity contribution in [2.45, 2.75) is 86.0 Å². The summed E-state index contributed by atoms with van der Waals surface area (Å²) in [5.41, 5.74) is 3.77. The third-order valence-electron chi connectivity index (χ3n) is 9.43. The number of benzene rings is 2. The molecule has 2 aromatic carbocycles. The molecule has 2 aliphatic carbocycles. The van der Waals surface area contributed by atoms with E-state index in [4.69, 9.17) is 0 Å². The first-order valence-corrected chi connectivity index (χ1v) is 14.2. The van der Waals surface area contributed by atoms with Crippen LogP contribution in [0.1, 0.15) is 84.6 Å². The van der Waals surface area contributed by atoms with Crippen molar-refractivity contribution in [3.8, 4) is 11.3 Å². The Hall–Kier alpha value is -2.29. The molecule has 1 heterocycles. The first kappa shape index (κ1) is 30.3. The number of aliphatic hydroxyl groups excluding tert-OH is 1. The number of carbonyl (C=O) groups is 1. The van der Waals surface area contributed by atoms with E-state index in [1.807, 2.05) is 30.5 Å². The second kappa shape index (κ2) is 12.7. The van der Waals surface area contributed by atoms with E-state index >= 15 is 0 Å². The fourth-order valence-electron chi connectivity index (χ4n) is 6.54. The number of allylic oxidation sites excluding steroid dienone is 2. The zero-order valence-corrected chi connectivity index (χ0v) is 26.0. The Balaban J connectivity index is 0.000000207. The van der Waals surface area contributed by atoms with Gasteiger partial charge in [0.1, 0.15) is 5.76 Å². The van der Waals surface area contributed by atoms with E-state index in [1.54, 1.807) is 0 Å². The normalized spacial score (nSPS) is 19.7. The summed E-state index contributed by atoms with van der Waals surface area (Å²) in [6, 6.07) is 19.7. The number of ketones is 1. The average molecular weight is 689 g/mol. The predicted molar refractivity (Wildman–Crippen MR) is 153 cm³/mol. The Morgan fingerprint density at radius 3 is 2.21 bits per heavy atom. The second-order valence-corrected chi connectivity index (χ2v) is 11.0. The fraction of sp³-hybridized carbons (Fsp3) is 0.471. The van der Waals surface area contributed by atoms with Crippen molar-refractivity contribution in [3.05, 3.63) is 77.7 Å². The van der Waals surface area contributed by atoms with Gasteiger partial charge in [-0.1, -0.05) is 58.9 Å². The van der Waals surface area contributed by atoms with Gasteiger partial charge >= 0.3 is 0 Å². The number of aliphatic hydroxyl groups is 1. The summed E-state index contributed by atoms with van der Waals surface area (Å²) in [5.74, 6) is 1.04. The zero-order chi connectivity index (χ0) is 26.6. The van der Waals surface area contributed by atoms with Crippen molar-refractivity contribution >= 4 is 16.6 Å². The Kier molecular flexibility index (Phi) is 10.1. The molecule has 205 valence electrons. The molecule has 3 aromatic rings. The first-order valence-electron chi connectivity index (χ1n) is 14.2. The minimum atomic E-state index is -0.204. The topological polar surface area (TPSA) is 50.2 Å². The second-order valence-electron chi connectivity index (χ2n) is 11.0. The van der Waals surface area contributed by atoms with Gasteiger partial charge in [-0.15, -0.1) is 35.4 Å². The van der Waals surface area contributed by atoms with Gasteiger partial charge in [0.05, 0.1) is 0 Å². The minimum Gasteiger partial charge on any atom is -0.511 e. The third kappa shape index (κ3) is 5.54. The first-order chi connectivity index (χ1) is 17.8. The number of rotatable bonds is 5. The number of aryl methyl sites for hydroxylation is 1. The van der Waals surface area contributed by atoms with E-state index in [-0.39, 0.29) is 36.7 Å². The molecular formula is C34H42IrNO2-. The number of carbonyl (C=O) groups excluding carboxylic acids is 1. The van der Waals surface area contributed by atoms with E-state index in [1.165, 1.54) is 16.3 Å². The largest absolute Gasteiger partial charge is 0.511 e. The van der Waals surface area contributed by atoms with Crippen LogP contribution in [0.2, 0.25) is 0 Å².